The minimum absolute atomic E-state index is 0.566. The van der Waals surface area contributed by atoms with Gasteiger partial charge in [0.2, 0.25) is 0 Å². The van der Waals surface area contributed by atoms with Crippen LogP contribution in [0.1, 0.15) is 24.5 Å². The first kappa shape index (κ1) is 13.1. The summed E-state index contributed by atoms with van der Waals surface area (Å²) in [7, 11) is 3.90. The van der Waals surface area contributed by atoms with Crippen molar-refractivity contribution in [3.8, 4) is 0 Å². The van der Waals surface area contributed by atoms with E-state index in [1.54, 1.807) is 7.05 Å². The molecule has 3 heteroatoms. The predicted molar refractivity (Wildman–Crippen MR) is 76.8 cm³/mol. The molecule has 1 aromatic carbocycles. The molecule has 0 saturated heterocycles. The van der Waals surface area contributed by atoms with Gasteiger partial charge in [-0.1, -0.05) is 12.1 Å². The Bertz CT molecular complexity index is 454. The van der Waals surface area contributed by atoms with Gasteiger partial charge >= 0.3 is 0 Å². The summed E-state index contributed by atoms with van der Waals surface area (Å²) in [5.74, 6) is 0. The van der Waals surface area contributed by atoms with E-state index in [9.17, 15) is 5.11 Å². The Balaban J connectivity index is 2.26. The van der Waals surface area contributed by atoms with Crippen molar-refractivity contribution in [2.45, 2.75) is 26.0 Å². The zero-order chi connectivity index (χ0) is 13.1. The monoisotopic (exact) mass is 246 g/mol. The summed E-state index contributed by atoms with van der Waals surface area (Å²) in [4.78, 5) is 2.31. The lowest BCUT2D eigenvalue weighted by Gasteiger charge is -2.27. The summed E-state index contributed by atoms with van der Waals surface area (Å²) in [5.41, 5.74) is 4.84. The van der Waals surface area contributed by atoms with Gasteiger partial charge < -0.3 is 10.0 Å². The van der Waals surface area contributed by atoms with E-state index in [4.69, 9.17) is 0 Å². The Labute approximate surface area is 109 Å². The van der Waals surface area contributed by atoms with Crippen LogP contribution in [-0.4, -0.2) is 32.0 Å². The highest BCUT2D eigenvalue weighted by Gasteiger charge is 2.13. The number of aliphatic hydroxyl groups excluding tert-OH is 1. The summed E-state index contributed by atoms with van der Waals surface area (Å²) in [6, 6.07) is 6.53. The third-order valence-corrected chi connectivity index (χ3v) is 3.55. The number of aliphatic hydroxyl groups is 1. The highest BCUT2D eigenvalue weighted by molar-refractivity contribution is 5.63. The molecule has 0 aromatic heterocycles. The summed E-state index contributed by atoms with van der Waals surface area (Å²) in [6.07, 6.45) is 3.84. The molecule has 0 amide bonds. The molecule has 3 nitrogen and oxygen atoms in total. The van der Waals surface area contributed by atoms with Crippen LogP contribution < -0.4 is 10.2 Å². The van der Waals surface area contributed by atoms with Crippen LogP contribution in [0.15, 0.2) is 23.8 Å². The molecule has 1 aliphatic rings. The molecule has 0 bridgehead atoms. The number of rotatable bonds is 3. The van der Waals surface area contributed by atoms with Gasteiger partial charge in [0.25, 0.3) is 0 Å². The minimum Gasteiger partial charge on any atom is -0.375 e. The Morgan fingerprint density at radius 3 is 3.00 bits per heavy atom. The van der Waals surface area contributed by atoms with E-state index in [2.05, 4.69) is 35.5 Å². The van der Waals surface area contributed by atoms with Crippen LogP contribution in [-0.2, 0) is 6.42 Å². The van der Waals surface area contributed by atoms with Gasteiger partial charge in [0.1, 0.15) is 6.23 Å². The van der Waals surface area contributed by atoms with Crippen LogP contribution in [0, 0.1) is 0 Å². The smallest absolute Gasteiger partial charge is 0.126 e. The lowest BCUT2D eigenvalue weighted by molar-refractivity contribution is 0.184. The number of anilines is 1. The summed E-state index contributed by atoms with van der Waals surface area (Å²) in [5, 5.41) is 12.5. The molecule has 1 aliphatic heterocycles. The Morgan fingerprint density at radius 2 is 2.28 bits per heavy atom. The number of fused-ring (bicyclic) bond motifs is 1. The maximum absolute atomic E-state index is 9.68. The second kappa shape index (κ2) is 5.55. The first-order valence-corrected chi connectivity index (χ1v) is 6.49. The molecule has 0 saturated carbocycles. The first-order chi connectivity index (χ1) is 8.61. The van der Waals surface area contributed by atoms with E-state index in [1.165, 1.54) is 17.7 Å². The molecular weight excluding hydrogens is 224 g/mol. The van der Waals surface area contributed by atoms with Crippen molar-refractivity contribution in [3.05, 3.63) is 34.9 Å². The lowest BCUT2D eigenvalue weighted by Crippen LogP contribution is -2.25. The fourth-order valence-corrected chi connectivity index (χ4v) is 2.46. The van der Waals surface area contributed by atoms with Gasteiger partial charge in [-0.3, -0.25) is 5.32 Å². The van der Waals surface area contributed by atoms with Crippen molar-refractivity contribution < 1.29 is 5.11 Å². The Hall–Kier alpha value is -1.32. The van der Waals surface area contributed by atoms with Crippen LogP contribution in [0.3, 0.4) is 0 Å². The number of hydrogen-bond acceptors (Lipinski definition) is 3. The minimum atomic E-state index is -0.566. The third-order valence-electron chi connectivity index (χ3n) is 3.55. The second-order valence-corrected chi connectivity index (χ2v) is 4.99. The quantitative estimate of drug-likeness (QED) is 0.801. The van der Waals surface area contributed by atoms with Crippen molar-refractivity contribution in [1.82, 2.24) is 5.32 Å². The maximum atomic E-state index is 9.68. The predicted octanol–water partition coefficient (Wildman–Crippen LogP) is 2.01. The van der Waals surface area contributed by atoms with Gasteiger partial charge in [-0.25, -0.2) is 0 Å². The number of aryl methyl sites for hydroxylation is 1. The molecule has 98 valence electrons. The fraction of sp³-hybridized carbons (Fsp3) is 0.467. The Kier molecular flexibility index (Phi) is 4.04. The summed E-state index contributed by atoms with van der Waals surface area (Å²) >= 11 is 0. The number of likely N-dealkylation sites (N-methyl/N-ethyl adjacent to an activating group) is 1. The van der Waals surface area contributed by atoms with Crippen LogP contribution in [0.4, 0.5) is 5.69 Å². The molecule has 0 spiro atoms. The van der Waals surface area contributed by atoms with Gasteiger partial charge in [0, 0.05) is 19.3 Å². The highest BCUT2D eigenvalue weighted by atomic mass is 16.3. The molecular formula is C15H22N2O. The van der Waals surface area contributed by atoms with E-state index >= 15 is 0 Å². The molecule has 2 rings (SSSR count). The number of nitrogens with zero attached hydrogens (tertiary/aromatic N) is 1. The Morgan fingerprint density at radius 1 is 1.50 bits per heavy atom. The zero-order valence-corrected chi connectivity index (χ0v) is 11.4. The van der Waals surface area contributed by atoms with Crippen LogP contribution in [0.2, 0.25) is 0 Å². The van der Waals surface area contributed by atoms with Crippen molar-refractivity contribution in [1.29, 1.82) is 0 Å². The van der Waals surface area contributed by atoms with E-state index in [-0.39, 0.29) is 0 Å². The summed E-state index contributed by atoms with van der Waals surface area (Å²) < 4.78 is 0. The highest BCUT2D eigenvalue weighted by Crippen LogP contribution is 2.27. The maximum Gasteiger partial charge on any atom is 0.126 e. The van der Waals surface area contributed by atoms with Gasteiger partial charge in [0.15, 0.2) is 0 Å². The van der Waals surface area contributed by atoms with Gasteiger partial charge in [0.05, 0.1) is 0 Å². The van der Waals surface area contributed by atoms with Crippen molar-refractivity contribution in [2.24, 2.45) is 0 Å². The van der Waals surface area contributed by atoms with Crippen molar-refractivity contribution >= 4 is 11.8 Å². The molecule has 0 aliphatic carbocycles. The molecule has 1 aromatic rings. The number of hydrogen-bond donors (Lipinski definition) is 2. The van der Waals surface area contributed by atoms with Gasteiger partial charge in [-0.05, 0) is 55.6 Å². The van der Waals surface area contributed by atoms with Crippen LogP contribution in [0.5, 0.6) is 0 Å². The van der Waals surface area contributed by atoms with Crippen LogP contribution in [0.25, 0.3) is 6.08 Å². The molecule has 1 atom stereocenters. The van der Waals surface area contributed by atoms with Crippen molar-refractivity contribution in [3.63, 3.8) is 0 Å². The largest absolute Gasteiger partial charge is 0.375 e. The van der Waals surface area contributed by atoms with E-state index in [0.717, 1.165) is 24.1 Å². The van der Waals surface area contributed by atoms with E-state index in [0.29, 0.717) is 0 Å². The summed E-state index contributed by atoms with van der Waals surface area (Å²) in [6.45, 7) is 3.08. The standard InChI is InChI=1S/C15H22N2O/c1-11(15(18)16-2)9-12-6-7-14-13(10-12)5-4-8-17(14)3/h6-7,9-10,15-16,18H,4-5,8H2,1-3H3/b11-9+. The molecule has 1 unspecified atom stereocenters. The second-order valence-electron chi connectivity index (χ2n) is 4.99. The fourth-order valence-electron chi connectivity index (χ4n) is 2.46. The molecule has 0 radical (unpaired) electrons. The zero-order valence-electron chi connectivity index (χ0n) is 11.4. The normalized spacial score (nSPS) is 17.6. The molecule has 2 N–H and O–H groups in total. The van der Waals surface area contributed by atoms with Crippen LogP contribution >= 0.6 is 0 Å². The van der Waals surface area contributed by atoms with Crippen molar-refractivity contribution in [2.75, 3.05) is 25.5 Å². The lowest BCUT2D eigenvalue weighted by atomic mass is 9.98. The molecule has 1 heterocycles. The number of benzene rings is 1. The molecule has 0 fully saturated rings. The number of nitrogens with one attached hydrogen (secondary N) is 1. The van der Waals surface area contributed by atoms with E-state index < -0.39 is 6.23 Å². The topological polar surface area (TPSA) is 35.5 Å². The SMILES string of the molecule is CNC(O)/C(C)=C/c1ccc2c(c1)CCCN2C. The first-order valence-electron chi connectivity index (χ1n) is 6.49. The average molecular weight is 246 g/mol. The average Bonchev–Trinajstić information content (AvgIpc) is 2.38. The third kappa shape index (κ3) is 2.74. The molecule has 18 heavy (non-hydrogen) atoms. The van der Waals surface area contributed by atoms with E-state index in [1.807, 2.05) is 13.0 Å². The van der Waals surface area contributed by atoms with Gasteiger partial charge in [-0.2, -0.15) is 0 Å². The van der Waals surface area contributed by atoms with Gasteiger partial charge in [-0.15, -0.1) is 0 Å².